The molecule has 2 fully saturated rings. The predicted molar refractivity (Wildman–Crippen MR) is 106 cm³/mol. The fourth-order valence-electron chi connectivity index (χ4n) is 3.50. The van der Waals surface area contributed by atoms with Gasteiger partial charge in [0, 0.05) is 62.9 Å². The van der Waals surface area contributed by atoms with Crippen LogP contribution >= 0.6 is 20.2 Å². The number of fused-ring (bicyclic) bond motifs is 1. The summed E-state index contributed by atoms with van der Waals surface area (Å²) in [5.41, 5.74) is 0. The summed E-state index contributed by atoms with van der Waals surface area (Å²) >= 11 is 0.00694. The minimum atomic E-state index is 0.00694. The van der Waals surface area contributed by atoms with Crippen molar-refractivity contribution in [3.8, 4) is 0 Å². The molecule has 151 valence electrons. The van der Waals surface area contributed by atoms with Gasteiger partial charge in [-0.3, -0.25) is 0 Å². The molecule has 0 aromatic rings. The van der Waals surface area contributed by atoms with Crippen LogP contribution in [-0.2, 0) is 13.1 Å². The van der Waals surface area contributed by atoms with E-state index in [-0.39, 0.29) is 13.1 Å². The third-order valence-corrected chi connectivity index (χ3v) is 5.02. The Kier molecular flexibility index (Phi) is 14.3. The van der Waals surface area contributed by atoms with Crippen LogP contribution < -0.4 is 26.6 Å². The summed E-state index contributed by atoms with van der Waals surface area (Å²) in [5.74, 6) is 0. The Hall–Kier alpha value is 0.899. The van der Waals surface area contributed by atoms with Gasteiger partial charge in [-0.05, 0) is 33.6 Å². The van der Waals surface area contributed by atoms with E-state index in [0.717, 1.165) is 32.7 Å². The van der Waals surface area contributed by atoms with E-state index in [1.807, 2.05) is 0 Å². The molecule has 0 spiro atoms. The molecule has 0 radical (unpaired) electrons. The molecule has 0 amide bonds. The first-order chi connectivity index (χ1) is 12.1. The van der Waals surface area contributed by atoms with Crippen molar-refractivity contribution in [3.05, 3.63) is 0 Å². The molecule has 1 saturated carbocycles. The quantitative estimate of drug-likeness (QED) is 0.375. The molecule has 1 heterocycles. The van der Waals surface area contributed by atoms with Crippen molar-refractivity contribution < 1.29 is 13.1 Å². The van der Waals surface area contributed by atoms with Gasteiger partial charge in [0.25, 0.3) is 0 Å². The Morgan fingerprint density at radius 2 is 1.04 bits per heavy atom. The fraction of sp³-hybridized carbons (Fsp3) is 1.00. The minimum absolute atomic E-state index is 0.00694. The average molecular weight is 437 g/mol. The first-order valence-corrected chi connectivity index (χ1v) is 12.9. The van der Waals surface area contributed by atoms with Crippen LogP contribution in [0.15, 0.2) is 0 Å². The summed E-state index contributed by atoms with van der Waals surface area (Å²) in [5, 5.41) is 18.4. The molecule has 5 N–H and O–H groups in total. The second-order valence-electron chi connectivity index (χ2n) is 7.39. The third-order valence-electron chi connectivity index (χ3n) is 5.02. The molecule has 5 nitrogen and oxygen atoms in total. The van der Waals surface area contributed by atoms with Crippen molar-refractivity contribution in [2.75, 3.05) is 32.7 Å². The zero-order chi connectivity index (χ0) is 18.5. The number of rotatable bonds is 0. The van der Waals surface area contributed by atoms with Gasteiger partial charge in [0.2, 0.25) is 0 Å². The summed E-state index contributed by atoms with van der Waals surface area (Å²) in [6, 6.07) is 2.83. The summed E-state index contributed by atoms with van der Waals surface area (Å²) in [4.78, 5) is 0. The molecule has 2 rings (SSSR count). The SMILES string of the molecule is C[C@@H]1CN[C@@H](C)CN[C@@H]2CCCC[C@H]2NCCN[C@@H](C)CN1.[Cl][Mn][Cl]. The molecule has 0 bridgehead atoms. The monoisotopic (exact) mass is 436 g/mol. The molecule has 0 unspecified atom stereocenters. The molecule has 25 heavy (non-hydrogen) atoms. The van der Waals surface area contributed by atoms with E-state index < -0.39 is 0 Å². The topological polar surface area (TPSA) is 60.1 Å². The molecule has 0 aromatic heterocycles. The van der Waals surface area contributed by atoms with Crippen molar-refractivity contribution in [2.45, 2.75) is 76.7 Å². The number of halogens is 2. The molecule has 2 aliphatic rings. The van der Waals surface area contributed by atoms with Crippen molar-refractivity contribution >= 4 is 20.2 Å². The normalized spacial score (nSPS) is 36.1. The van der Waals surface area contributed by atoms with Crippen LogP contribution in [0.3, 0.4) is 0 Å². The van der Waals surface area contributed by atoms with Gasteiger partial charge in [-0.15, -0.1) is 0 Å². The van der Waals surface area contributed by atoms with Crippen LogP contribution in [0, 0.1) is 0 Å². The molecule has 1 saturated heterocycles. The van der Waals surface area contributed by atoms with E-state index in [2.05, 4.69) is 47.4 Å². The van der Waals surface area contributed by atoms with E-state index in [9.17, 15) is 0 Å². The summed E-state index contributed by atoms with van der Waals surface area (Å²) in [6.07, 6.45) is 5.36. The van der Waals surface area contributed by atoms with Gasteiger partial charge in [0.05, 0.1) is 0 Å². The van der Waals surface area contributed by atoms with Gasteiger partial charge < -0.3 is 26.6 Å². The van der Waals surface area contributed by atoms with Crippen LogP contribution in [0.2, 0.25) is 0 Å². The van der Waals surface area contributed by atoms with E-state index in [4.69, 9.17) is 20.2 Å². The van der Waals surface area contributed by atoms with Gasteiger partial charge in [-0.2, -0.15) is 0 Å². The number of hydrogen-bond donors (Lipinski definition) is 5. The van der Waals surface area contributed by atoms with Crippen LogP contribution in [0.4, 0.5) is 0 Å². The maximum absolute atomic E-state index is 4.80. The van der Waals surface area contributed by atoms with E-state index in [1.165, 1.54) is 25.7 Å². The standard InChI is InChI=1S/C17H37N5.2ClH.Mn/c1-13-10-20-14(2)11-21-15(3)12-22-17-7-5-4-6-16(17)19-9-8-18-13;;;/h13-22H,4-12H2,1-3H3;2*1H;/q;;;+2/p-2/t13-,14+,15-,16+,17+;;;/m0.../s1. The number of nitrogens with one attached hydrogen (secondary N) is 5. The molecule has 1 aliphatic carbocycles. The summed E-state index contributed by atoms with van der Waals surface area (Å²) < 4.78 is 0. The Morgan fingerprint density at radius 1 is 0.640 bits per heavy atom. The molecule has 5 atom stereocenters. The summed E-state index contributed by atoms with van der Waals surface area (Å²) in [6.45, 7) is 12.0. The zero-order valence-corrected chi connectivity index (χ0v) is 18.6. The van der Waals surface area contributed by atoms with Crippen molar-refractivity contribution in [2.24, 2.45) is 0 Å². The average Bonchev–Trinajstić information content (AvgIpc) is 2.61. The first kappa shape index (κ1) is 23.9. The van der Waals surface area contributed by atoms with Crippen LogP contribution in [0.1, 0.15) is 46.5 Å². The molecular formula is C17H37Cl2MnN5. The van der Waals surface area contributed by atoms with Gasteiger partial charge in [0.1, 0.15) is 0 Å². The zero-order valence-electron chi connectivity index (χ0n) is 15.9. The van der Waals surface area contributed by atoms with Gasteiger partial charge in [-0.25, -0.2) is 0 Å². The Bertz CT molecular complexity index is 327. The number of hydrogen-bond acceptors (Lipinski definition) is 5. The Morgan fingerprint density at radius 3 is 1.60 bits per heavy atom. The second kappa shape index (κ2) is 14.9. The van der Waals surface area contributed by atoms with Crippen molar-refractivity contribution in [1.82, 2.24) is 26.6 Å². The van der Waals surface area contributed by atoms with Gasteiger partial charge in [0.15, 0.2) is 0 Å². The van der Waals surface area contributed by atoms with Crippen molar-refractivity contribution in [1.29, 1.82) is 0 Å². The molecule has 0 aromatic carbocycles. The Labute approximate surface area is 169 Å². The van der Waals surface area contributed by atoms with Crippen LogP contribution in [-0.4, -0.2) is 62.9 Å². The molecule has 1 aliphatic heterocycles. The van der Waals surface area contributed by atoms with E-state index in [0.29, 0.717) is 30.2 Å². The maximum atomic E-state index is 4.80. The fourth-order valence-corrected chi connectivity index (χ4v) is 3.50. The first-order valence-electron chi connectivity index (χ1n) is 9.60. The third kappa shape index (κ3) is 11.4. The van der Waals surface area contributed by atoms with Gasteiger partial charge >= 0.3 is 33.3 Å². The second-order valence-corrected chi connectivity index (χ2v) is 9.34. The predicted octanol–water partition coefficient (Wildman–Crippen LogP) is 1.80. The van der Waals surface area contributed by atoms with Gasteiger partial charge in [-0.1, -0.05) is 12.8 Å². The van der Waals surface area contributed by atoms with E-state index >= 15 is 0 Å². The van der Waals surface area contributed by atoms with Crippen LogP contribution in [0.25, 0.3) is 0 Å². The van der Waals surface area contributed by atoms with Crippen LogP contribution in [0.5, 0.6) is 0 Å². The Balaban J connectivity index is 0.000000970. The molecular weight excluding hydrogens is 400 g/mol. The molecule has 8 heteroatoms. The van der Waals surface area contributed by atoms with Crippen molar-refractivity contribution in [3.63, 3.8) is 0 Å². The summed E-state index contributed by atoms with van der Waals surface area (Å²) in [7, 11) is 9.59. The van der Waals surface area contributed by atoms with E-state index in [1.54, 1.807) is 0 Å².